The first kappa shape index (κ1) is 17.1. The van der Waals surface area contributed by atoms with Gasteiger partial charge in [-0.1, -0.05) is 30.3 Å². The van der Waals surface area contributed by atoms with Gasteiger partial charge in [-0.25, -0.2) is 0 Å². The van der Waals surface area contributed by atoms with Crippen molar-refractivity contribution in [1.29, 1.82) is 0 Å². The molecular formula is C23H28N2O. The third kappa shape index (κ3) is 3.92. The predicted octanol–water partition coefficient (Wildman–Crippen LogP) is 4.38. The molecule has 0 N–H and O–H groups in total. The van der Waals surface area contributed by atoms with E-state index in [0.29, 0.717) is 5.92 Å². The van der Waals surface area contributed by atoms with Gasteiger partial charge in [-0.3, -0.25) is 4.79 Å². The summed E-state index contributed by atoms with van der Waals surface area (Å²) in [6, 6.07) is 18.9. The Morgan fingerprint density at radius 2 is 1.50 bits per heavy atom. The van der Waals surface area contributed by atoms with Crippen LogP contribution in [0.4, 0.5) is 5.69 Å². The van der Waals surface area contributed by atoms with Crippen molar-refractivity contribution < 1.29 is 4.79 Å². The summed E-state index contributed by atoms with van der Waals surface area (Å²) in [6.45, 7) is 4.04. The van der Waals surface area contributed by atoms with Crippen LogP contribution < -0.4 is 4.90 Å². The largest absolute Gasteiger partial charge is 0.372 e. The maximum atomic E-state index is 12.8. The Balaban J connectivity index is 1.31. The van der Waals surface area contributed by atoms with Crippen LogP contribution in [0.1, 0.15) is 41.6 Å². The zero-order valence-electron chi connectivity index (χ0n) is 15.4. The number of hydrogen-bond donors (Lipinski definition) is 0. The fourth-order valence-corrected chi connectivity index (χ4v) is 4.26. The van der Waals surface area contributed by atoms with Gasteiger partial charge in [-0.2, -0.15) is 0 Å². The van der Waals surface area contributed by atoms with Crippen molar-refractivity contribution in [3.8, 4) is 0 Å². The summed E-state index contributed by atoms with van der Waals surface area (Å²) in [5.74, 6) is 0.884. The van der Waals surface area contributed by atoms with Gasteiger partial charge in [0.05, 0.1) is 0 Å². The molecule has 0 radical (unpaired) electrons. The first-order chi connectivity index (χ1) is 12.8. The van der Waals surface area contributed by atoms with Crippen LogP contribution in [0.5, 0.6) is 0 Å². The van der Waals surface area contributed by atoms with Crippen LogP contribution in [0.2, 0.25) is 0 Å². The molecule has 0 atom stereocenters. The molecule has 26 heavy (non-hydrogen) atoms. The van der Waals surface area contributed by atoms with Gasteiger partial charge in [0, 0.05) is 37.4 Å². The minimum Gasteiger partial charge on any atom is -0.372 e. The Kier molecular flexibility index (Phi) is 5.24. The number of rotatable bonds is 4. The minimum atomic E-state index is 0.191. The number of anilines is 1. The second kappa shape index (κ2) is 7.94. The van der Waals surface area contributed by atoms with E-state index in [4.69, 9.17) is 0 Å². The average molecular weight is 348 g/mol. The van der Waals surface area contributed by atoms with Crippen molar-refractivity contribution in [3.63, 3.8) is 0 Å². The lowest BCUT2D eigenvalue weighted by Gasteiger charge is -2.32. The Labute approximate surface area is 156 Å². The van der Waals surface area contributed by atoms with E-state index in [0.717, 1.165) is 51.0 Å². The Morgan fingerprint density at radius 1 is 0.846 bits per heavy atom. The van der Waals surface area contributed by atoms with E-state index in [9.17, 15) is 4.79 Å². The summed E-state index contributed by atoms with van der Waals surface area (Å²) in [5, 5.41) is 0. The lowest BCUT2D eigenvalue weighted by Crippen LogP contribution is -2.38. The van der Waals surface area contributed by atoms with E-state index in [1.807, 2.05) is 17.0 Å². The summed E-state index contributed by atoms with van der Waals surface area (Å²) >= 11 is 0. The molecule has 0 bridgehead atoms. The van der Waals surface area contributed by atoms with Crippen LogP contribution in [0.3, 0.4) is 0 Å². The van der Waals surface area contributed by atoms with Gasteiger partial charge in [-0.15, -0.1) is 0 Å². The van der Waals surface area contributed by atoms with Gasteiger partial charge in [0.1, 0.15) is 0 Å². The molecule has 0 unspecified atom stereocenters. The molecule has 0 spiro atoms. The molecule has 0 saturated carbocycles. The molecule has 3 heteroatoms. The monoisotopic (exact) mass is 348 g/mol. The van der Waals surface area contributed by atoms with Crippen LogP contribution in [0.15, 0.2) is 54.6 Å². The minimum absolute atomic E-state index is 0.191. The summed E-state index contributed by atoms with van der Waals surface area (Å²) in [7, 11) is 0. The first-order valence-electron chi connectivity index (χ1n) is 9.98. The van der Waals surface area contributed by atoms with Gasteiger partial charge in [0.2, 0.25) is 0 Å². The van der Waals surface area contributed by atoms with Gasteiger partial charge in [0.25, 0.3) is 5.91 Å². The number of hydrogen-bond acceptors (Lipinski definition) is 2. The Morgan fingerprint density at radius 3 is 2.15 bits per heavy atom. The van der Waals surface area contributed by atoms with Crippen molar-refractivity contribution in [3.05, 3.63) is 65.7 Å². The standard InChI is InChI=1S/C23H28N2O/c26-23(21-8-10-22(11-9-21)24-14-4-5-15-24)25-16-12-20(13-17-25)18-19-6-2-1-3-7-19/h1-3,6-11,20H,4-5,12-18H2. The SMILES string of the molecule is O=C(c1ccc(N2CCCC2)cc1)N1CCC(Cc2ccccc2)CC1. The highest BCUT2D eigenvalue weighted by Gasteiger charge is 2.24. The van der Waals surface area contributed by atoms with E-state index in [1.54, 1.807) is 0 Å². The second-order valence-electron chi connectivity index (χ2n) is 7.67. The summed E-state index contributed by atoms with van der Waals surface area (Å²) in [5.41, 5.74) is 3.49. The number of carbonyl (C=O) groups is 1. The molecule has 2 aromatic rings. The summed E-state index contributed by atoms with van der Waals surface area (Å²) < 4.78 is 0. The second-order valence-corrected chi connectivity index (χ2v) is 7.67. The zero-order valence-corrected chi connectivity index (χ0v) is 15.4. The maximum absolute atomic E-state index is 12.8. The molecule has 1 amide bonds. The van der Waals surface area contributed by atoms with Gasteiger partial charge >= 0.3 is 0 Å². The highest BCUT2D eigenvalue weighted by atomic mass is 16.2. The van der Waals surface area contributed by atoms with Crippen molar-refractivity contribution in [2.24, 2.45) is 5.92 Å². The zero-order chi connectivity index (χ0) is 17.8. The number of carbonyl (C=O) groups excluding carboxylic acids is 1. The molecule has 2 fully saturated rings. The van der Waals surface area contributed by atoms with E-state index in [2.05, 4.69) is 47.4 Å². The Hall–Kier alpha value is -2.29. The number of amides is 1. The highest BCUT2D eigenvalue weighted by molar-refractivity contribution is 5.94. The molecule has 0 aromatic heterocycles. The van der Waals surface area contributed by atoms with Crippen LogP contribution in [-0.2, 0) is 6.42 Å². The molecule has 2 aliphatic heterocycles. The number of nitrogens with zero attached hydrogens (tertiary/aromatic N) is 2. The molecule has 0 aliphatic carbocycles. The molecule has 2 aromatic carbocycles. The third-order valence-electron chi connectivity index (χ3n) is 5.85. The summed E-state index contributed by atoms with van der Waals surface area (Å²) in [6.07, 6.45) is 5.89. The van der Waals surface area contributed by atoms with Crippen LogP contribution in [0.25, 0.3) is 0 Å². The quantitative estimate of drug-likeness (QED) is 0.818. The van der Waals surface area contributed by atoms with Crippen LogP contribution in [0, 0.1) is 5.92 Å². The van der Waals surface area contributed by atoms with E-state index in [-0.39, 0.29) is 5.91 Å². The molecular weight excluding hydrogens is 320 g/mol. The molecule has 3 nitrogen and oxygen atoms in total. The van der Waals surface area contributed by atoms with Gasteiger partial charge in [0.15, 0.2) is 0 Å². The fraction of sp³-hybridized carbons (Fsp3) is 0.435. The molecule has 136 valence electrons. The number of piperidine rings is 1. The topological polar surface area (TPSA) is 23.6 Å². The molecule has 2 aliphatic rings. The maximum Gasteiger partial charge on any atom is 0.253 e. The van der Waals surface area contributed by atoms with Crippen molar-refractivity contribution >= 4 is 11.6 Å². The Bertz CT molecular complexity index is 712. The molecule has 2 saturated heterocycles. The van der Waals surface area contributed by atoms with Crippen molar-refractivity contribution in [1.82, 2.24) is 4.90 Å². The van der Waals surface area contributed by atoms with Crippen molar-refractivity contribution in [2.75, 3.05) is 31.1 Å². The molecule has 4 rings (SSSR count). The van der Waals surface area contributed by atoms with Gasteiger partial charge in [-0.05, 0) is 67.9 Å². The lowest BCUT2D eigenvalue weighted by atomic mass is 9.90. The number of likely N-dealkylation sites (tertiary alicyclic amines) is 1. The van der Waals surface area contributed by atoms with E-state index < -0.39 is 0 Å². The van der Waals surface area contributed by atoms with Crippen molar-refractivity contribution in [2.45, 2.75) is 32.1 Å². The molecule has 2 heterocycles. The normalized spacial score (nSPS) is 18.3. The summed E-state index contributed by atoms with van der Waals surface area (Å²) in [4.78, 5) is 17.2. The van der Waals surface area contributed by atoms with Crippen LogP contribution in [-0.4, -0.2) is 37.0 Å². The van der Waals surface area contributed by atoms with Gasteiger partial charge < -0.3 is 9.80 Å². The van der Waals surface area contributed by atoms with Crippen LogP contribution >= 0.6 is 0 Å². The first-order valence-corrected chi connectivity index (χ1v) is 9.98. The smallest absolute Gasteiger partial charge is 0.253 e. The van der Waals surface area contributed by atoms with E-state index in [1.165, 1.54) is 24.1 Å². The fourth-order valence-electron chi connectivity index (χ4n) is 4.26. The predicted molar refractivity (Wildman–Crippen MR) is 107 cm³/mol. The van der Waals surface area contributed by atoms with E-state index >= 15 is 0 Å². The average Bonchev–Trinajstić information content (AvgIpc) is 3.24. The third-order valence-corrected chi connectivity index (χ3v) is 5.85. The lowest BCUT2D eigenvalue weighted by molar-refractivity contribution is 0.0690. The highest BCUT2D eigenvalue weighted by Crippen LogP contribution is 2.24. The number of benzene rings is 2.